The largest absolute Gasteiger partial charge is 0.388 e. The molecule has 0 aromatic rings. The van der Waals surface area contributed by atoms with Crippen molar-refractivity contribution in [2.45, 2.75) is 24.6 Å². The zero-order valence-electron chi connectivity index (χ0n) is 5.53. The first-order valence-electron chi connectivity index (χ1n) is 2.97. The molecule has 0 unspecified atom stereocenters. The van der Waals surface area contributed by atoms with Gasteiger partial charge in [-0.3, -0.25) is 0 Å². The van der Waals surface area contributed by atoms with Gasteiger partial charge in [-0.05, 0) is 0 Å². The molecule has 70 valence electrons. The molecule has 0 saturated carbocycles. The summed E-state index contributed by atoms with van der Waals surface area (Å²) in [6.45, 7) is -0.153. The fourth-order valence-corrected chi connectivity index (χ4v) is 0.791. The minimum Gasteiger partial charge on any atom is -0.388 e. The molecule has 0 aromatic carbocycles. The number of ether oxygens (including phenoxy) is 1. The van der Waals surface area contributed by atoms with Crippen molar-refractivity contribution in [2.75, 3.05) is 6.61 Å². The van der Waals surface area contributed by atoms with Gasteiger partial charge < -0.3 is 25.2 Å². The van der Waals surface area contributed by atoms with E-state index in [-0.39, 0.29) is 27.7 Å². The van der Waals surface area contributed by atoms with Crippen molar-refractivity contribution in [2.24, 2.45) is 0 Å². The molecule has 1 saturated heterocycles. The van der Waals surface area contributed by atoms with Gasteiger partial charge in [-0.15, -0.1) is 0 Å². The smallest absolute Gasteiger partial charge is 0.183 e. The van der Waals surface area contributed by atoms with Gasteiger partial charge in [-0.2, -0.15) is 0 Å². The molecule has 0 amide bonds. The van der Waals surface area contributed by atoms with E-state index < -0.39 is 24.6 Å². The van der Waals surface area contributed by atoms with Crippen LogP contribution in [0.25, 0.3) is 0 Å². The molecular formula is C5H10O5Pt. The van der Waals surface area contributed by atoms with E-state index in [4.69, 9.17) is 20.4 Å². The average Bonchev–Trinajstić information content (AvgIpc) is 1.93. The third-order valence-corrected chi connectivity index (χ3v) is 1.47. The van der Waals surface area contributed by atoms with Crippen LogP contribution in [0.4, 0.5) is 0 Å². The summed E-state index contributed by atoms with van der Waals surface area (Å²) in [6, 6.07) is 0. The number of aliphatic hydroxyl groups excluding tert-OH is 4. The van der Waals surface area contributed by atoms with E-state index in [1.807, 2.05) is 0 Å². The second-order valence-corrected chi connectivity index (χ2v) is 2.27. The Hall–Kier alpha value is 0.488. The van der Waals surface area contributed by atoms with E-state index in [0.717, 1.165) is 0 Å². The van der Waals surface area contributed by atoms with Crippen molar-refractivity contribution < 1.29 is 46.2 Å². The quantitative estimate of drug-likeness (QED) is 0.387. The van der Waals surface area contributed by atoms with Crippen LogP contribution in [-0.2, 0) is 25.8 Å². The van der Waals surface area contributed by atoms with E-state index >= 15 is 0 Å². The van der Waals surface area contributed by atoms with Crippen LogP contribution in [0.1, 0.15) is 0 Å². The topological polar surface area (TPSA) is 90.2 Å². The van der Waals surface area contributed by atoms with Gasteiger partial charge in [0.15, 0.2) is 6.29 Å². The van der Waals surface area contributed by atoms with E-state index in [9.17, 15) is 0 Å². The van der Waals surface area contributed by atoms with E-state index in [0.29, 0.717) is 0 Å². The number of hydrogen-bond donors (Lipinski definition) is 4. The van der Waals surface area contributed by atoms with Crippen molar-refractivity contribution in [1.82, 2.24) is 0 Å². The molecule has 0 bridgehead atoms. The molecule has 1 aliphatic heterocycles. The molecule has 0 aliphatic carbocycles. The maximum absolute atomic E-state index is 8.88. The van der Waals surface area contributed by atoms with E-state index in [1.165, 1.54) is 0 Å². The summed E-state index contributed by atoms with van der Waals surface area (Å²) in [6.07, 6.45) is -5.23. The molecule has 1 aliphatic rings. The van der Waals surface area contributed by atoms with Gasteiger partial charge in [-0.1, -0.05) is 0 Å². The van der Waals surface area contributed by atoms with Gasteiger partial charge in [0.05, 0.1) is 6.61 Å². The molecule has 0 aromatic heterocycles. The van der Waals surface area contributed by atoms with Crippen molar-refractivity contribution >= 4 is 0 Å². The summed E-state index contributed by atoms with van der Waals surface area (Å²) in [4.78, 5) is 0. The number of rotatable bonds is 0. The van der Waals surface area contributed by atoms with Crippen LogP contribution in [0.2, 0.25) is 0 Å². The predicted molar refractivity (Wildman–Crippen MR) is 30.0 cm³/mol. The molecule has 4 N–H and O–H groups in total. The Morgan fingerprint density at radius 1 is 1.00 bits per heavy atom. The van der Waals surface area contributed by atoms with E-state index in [2.05, 4.69) is 4.74 Å². The molecule has 1 fully saturated rings. The standard InChI is InChI=1S/C5H10O5.Pt/c6-2-1-10-5(9)4(8)3(2)7;/h2-9H,1H2;/t2-,3+,4-,5+;/m1./s1. The SMILES string of the molecule is O[C@@H]1[C@@H](O)[C@@H](O)OC[C@H]1O.[Pt]. The first-order valence-corrected chi connectivity index (χ1v) is 2.97. The Morgan fingerprint density at radius 2 is 1.55 bits per heavy atom. The normalized spacial score (nSPS) is 44.7. The first-order chi connectivity index (χ1) is 4.63. The Labute approximate surface area is 77.9 Å². The van der Waals surface area contributed by atoms with E-state index in [1.54, 1.807) is 0 Å². The summed E-state index contributed by atoms with van der Waals surface area (Å²) >= 11 is 0. The van der Waals surface area contributed by atoms with Crippen LogP contribution in [0.15, 0.2) is 0 Å². The van der Waals surface area contributed by atoms with Crippen LogP contribution in [0.5, 0.6) is 0 Å². The van der Waals surface area contributed by atoms with Crippen LogP contribution in [0, 0.1) is 0 Å². The number of hydrogen-bond acceptors (Lipinski definition) is 5. The Balaban J connectivity index is 0.000001000. The maximum Gasteiger partial charge on any atom is 0.183 e. The molecule has 1 heterocycles. The molecule has 5 nitrogen and oxygen atoms in total. The van der Waals surface area contributed by atoms with Crippen LogP contribution in [0.3, 0.4) is 0 Å². The second kappa shape index (κ2) is 4.50. The average molecular weight is 345 g/mol. The molecule has 11 heavy (non-hydrogen) atoms. The fraction of sp³-hybridized carbons (Fsp3) is 1.00. The van der Waals surface area contributed by atoms with Gasteiger partial charge in [0.1, 0.15) is 18.3 Å². The minimum atomic E-state index is -1.41. The van der Waals surface area contributed by atoms with Crippen LogP contribution < -0.4 is 0 Å². The third kappa shape index (κ3) is 2.47. The molecule has 0 radical (unpaired) electrons. The molecule has 0 spiro atoms. The maximum atomic E-state index is 8.88. The third-order valence-electron chi connectivity index (χ3n) is 1.47. The van der Waals surface area contributed by atoms with Gasteiger partial charge in [0.2, 0.25) is 0 Å². The minimum absolute atomic E-state index is 0. The Bertz CT molecular complexity index is 107. The zero-order chi connectivity index (χ0) is 7.72. The van der Waals surface area contributed by atoms with Crippen molar-refractivity contribution in [3.05, 3.63) is 0 Å². The van der Waals surface area contributed by atoms with Crippen molar-refractivity contribution in [1.29, 1.82) is 0 Å². The van der Waals surface area contributed by atoms with Gasteiger partial charge >= 0.3 is 0 Å². The zero-order valence-corrected chi connectivity index (χ0v) is 7.80. The van der Waals surface area contributed by atoms with Gasteiger partial charge in [0.25, 0.3) is 0 Å². The van der Waals surface area contributed by atoms with Crippen LogP contribution in [-0.4, -0.2) is 51.6 Å². The molecule has 1 rings (SSSR count). The molecular weight excluding hydrogens is 335 g/mol. The summed E-state index contributed by atoms with van der Waals surface area (Å²) in [5, 5.41) is 35.3. The fourth-order valence-electron chi connectivity index (χ4n) is 0.791. The van der Waals surface area contributed by atoms with Gasteiger partial charge in [-0.25, -0.2) is 0 Å². The summed E-state index contributed by atoms with van der Waals surface area (Å²) < 4.78 is 4.47. The number of aliphatic hydroxyl groups is 4. The monoisotopic (exact) mass is 345 g/mol. The molecule has 4 atom stereocenters. The van der Waals surface area contributed by atoms with Gasteiger partial charge in [0, 0.05) is 21.1 Å². The summed E-state index contributed by atoms with van der Waals surface area (Å²) in [5.41, 5.74) is 0. The molecule has 6 heteroatoms. The van der Waals surface area contributed by atoms with Crippen LogP contribution >= 0.6 is 0 Å². The first kappa shape index (κ1) is 11.5. The summed E-state index contributed by atoms with van der Waals surface area (Å²) in [5.74, 6) is 0. The Morgan fingerprint density at radius 3 is 2.00 bits per heavy atom. The Kier molecular flexibility index (Phi) is 4.70. The van der Waals surface area contributed by atoms with Crippen molar-refractivity contribution in [3.8, 4) is 0 Å². The van der Waals surface area contributed by atoms with Crippen molar-refractivity contribution in [3.63, 3.8) is 0 Å². The summed E-state index contributed by atoms with van der Waals surface area (Å²) in [7, 11) is 0. The second-order valence-electron chi connectivity index (χ2n) is 2.27. The predicted octanol–water partition coefficient (Wildman–Crippen LogP) is -2.58.